The third-order valence-corrected chi connectivity index (χ3v) is 17.1. The van der Waals surface area contributed by atoms with E-state index in [0.717, 1.165) is 19.3 Å². The van der Waals surface area contributed by atoms with Crippen molar-refractivity contribution >= 4 is 11.9 Å². The van der Waals surface area contributed by atoms with Gasteiger partial charge < -0.3 is 43.7 Å². The molecule has 7 bridgehead atoms. The molecule has 62 heavy (non-hydrogen) atoms. The third-order valence-electron chi connectivity index (χ3n) is 17.1. The lowest BCUT2D eigenvalue weighted by atomic mass is 9.42. The molecule has 1 heterocycles. The van der Waals surface area contributed by atoms with E-state index < -0.39 is 88.3 Å². The quantitative estimate of drug-likeness (QED) is 0.0693. The average Bonchev–Trinajstić information content (AvgIpc) is 3.65. The maximum absolute atomic E-state index is 14.6. The highest BCUT2D eigenvalue weighted by molar-refractivity contribution is 5.89. The topological polar surface area (TPSA) is 153 Å². The van der Waals surface area contributed by atoms with Crippen LogP contribution >= 0.6 is 0 Å². The van der Waals surface area contributed by atoms with Crippen molar-refractivity contribution in [1.29, 1.82) is 0 Å². The molecule has 1 aromatic rings. The number of benzene rings is 1. The average molecular weight is 870 g/mol. The largest absolute Gasteiger partial charge is 0.455 e. The summed E-state index contributed by atoms with van der Waals surface area (Å²) in [4.78, 5) is 31.0. The predicted molar refractivity (Wildman–Crippen MR) is 234 cm³/mol. The first-order valence-corrected chi connectivity index (χ1v) is 24.4. The number of aliphatic hydroxyl groups excluding tert-OH is 2. The molecule has 0 radical (unpaired) electrons. The van der Waals surface area contributed by atoms with Crippen LogP contribution in [0.5, 0.6) is 0 Å². The monoisotopic (exact) mass is 870 g/mol. The number of ether oxygens (including phenoxy) is 6. The highest BCUT2D eigenvalue weighted by Gasteiger charge is 2.92. The van der Waals surface area contributed by atoms with Gasteiger partial charge in [0.05, 0.1) is 30.5 Å². The van der Waals surface area contributed by atoms with Gasteiger partial charge in [0.15, 0.2) is 5.60 Å². The van der Waals surface area contributed by atoms with Crippen molar-refractivity contribution in [2.75, 3.05) is 48.1 Å². The summed E-state index contributed by atoms with van der Waals surface area (Å²) < 4.78 is 38.7. The van der Waals surface area contributed by atoms with Gasteiger partial charge in [-0.3, -0.25) is 9.69 Å². The molecule has 6 aliphatic rings. The Kier molecular flexibility index (Phi) is 15.5. The molecule has 1 saturated heterocycles. The van der Waals surface area contributed by atoms with E-state index in [1.165, 1.54) is 77.7 Å². The molecule has 12 nitrogen and oxygen atoms in total. The van der Waals surface area contributed by atoms with Crippen LogP contribution in [0.25, 0.3) is 0 Å². The number of methoxy groups -OCH3 is 4. The molecule has 5 aliphatic carbocycles. The molecular formula is C50H79NO11. The van der Waals surface area contributed by atoms with Gasteiger partial charge in [-0.25, -0.2) is 4.79 Å². The van der Waals surface area contributed by atoms with Gasteiger partial charge in [-0.2, -0.15) is 0 Å². The Labute approximate surface area is 371 Å². The number of hydrogen-bond donors (Lipinski definition) is 3. The Balaban J connectivity index is 1.17. The number of nitrogens with zero attached hydrogens (tertiary/aromatic N) is 1. The number of carbonyl (C=O) groups is 2. The van der Waals surface area contributed by atoms with Gasteiger partial charge in [-0.05, 0) is 37.4 Å². The predicted octanol–water partition coefficient (Wildman–Crippen LogP) is 6.89. The normalized spacial score (nSPS) is 40.1. The van der Waals surface area contributed by atoms with Gasteiger partial charge in [0.2, 0.25) is 0 Å². The minimum Gasteiger partial charge on any atom is -0.455 e. The molecule has 15 unspecified atom stereocenters. The fraction of sp³-hybridized carbons (Fsp3) is 0.840. The lowest BCUT2D eigenvalue weighted by Crippen LogP contribution is -2.81. The number of esters is 2. The van der Waals surface area contributed by atoms with Crippen LogP contribution in [0.15, 0.2) is 30.3 Å². The lowest BCUT2D eigenvalue weighted by Gasteiger charge is -2.70. The van der Waals surface area contributed by atoms with E-state index in [4.69, 9.17) is 28.4 Å². The molecule has 0 amide bonds. The van der Waals surface area contributed by atoms with Crippen molar-refractivity contribution in [2.24, 2.45) is 34.5 Å². The second kappa shape index (κ2) is 20.1. The molecule has 5 saturated carbocycles. The van der Waals surface area contributed by atoms with Crippen molar-refractivity contribution in [3.63, 3.8) is 0 Å². The van der Waals surface area contributed by atoms with Crippen molar-refractivity contribution in [3.05, 3.63) is 35.9 Å². The van der Waals surface area contributed by atoms with Crippen LogP contribution in [0.3, 0.4) is 0 Å². The van der Waals surface area contributed by atoms with Gasteiger partial charge in [-0.1, -0.05) is 122 Å². The summed E-state index contributed by atoms with van der Waals surface area (Å²) in [5.41, 5.74) is -4.82. The molecule has 0 aromatic heterocycles. The molecule has 7 rings (SSSR count). The van der Waals surface area contributed by atoms with Crippen LogP contribution in [0.2, 0.25) is 0 Å². The zero-order valence-corrected chi connectivity index (χ0v) is 38.6. The minimum absolute atomic E-state index is 0.0883. The molecular weight excluding hydrogens is 791 g/mol. The second-order valence-corrected chi connectivity index (χ2v) is 20.0. The number of hydrogen-bond acceptors (Lipinski definition) is 12. The third kappa shape index (κ3) is 7.69. The summed E-state index contributed by atoms with van der Waals surface area (Å²) in [5, 5.41) is 38.4. The first-order valence-electron chi connectivity index (χ1n) is 24.4. The van der Waals surface area contributed by atoms with Crippen LogP contribution in [0, 0.1) is 34.5 Å². The number of likely N-dealkylation sites (tertiary alicyclic amines) is 1. The highest BCUT2D eigenvalue weighted by atomic mass is 16.6. The fourth-order valence-corrected chi connectivity index (χ4v) is 15.0. The maximum atomic E-state index is 14.6. The van der Waals surface area contributed by atoms with Gasteiger partial charge in [-0.15, -0.1) is 0 Å². The minimum atomic E-state index is -1.84. The Morgan fingerprint density at radius 1 is 0.774 bits per heavy atom. The standard InChI is InChI=1S/C50H79NO11/c1-7-9-10-11-12-13-14-15-16-17-18-19-20-21-25-28-37(53)62-50-38-34(30-48(56,45(60-6)43(50)54)44(38)61-46(55)33-26-23-22-24-27-33)49-36(58-4)29-35(52)47(32-57-3)31-51(8-2)42(49)39(50)40(59-5)41(47)49/h22-24,26-27,34-36,38-45,52,54,56H,7-21,25,28-32H2,1-6H3. The Morgan fingerprint density at radius 2 is 1.39 bits per heavy atom. The van der Waals surface area contributed by atoms with Gasteiger partial charge in [0.1, 0.15) is 23.9 Å². The van der Waals surface area contributed by atoms with Crippen LogP contribution in [0.4, 0.5) is 0 Å². The molecule has 1 aromatic carbocycles. The van der Waals surface area contributed by atoms with E-state index >= 15 is 0 Å². The van der Waals surface area contributed by atoms with Crippen molar-refractivity contribution < 1.29 is 53.3 Å². The summed E-state index contributed by atoms with van der Waals surface area (Å²) in [7, 11) is 6.42. The summed E-state index contributed by atoms with van der Waals surface area (Å²) in [6, 6.07) is 8.33. The Morgan fingerprint density at radius 3 is 1.94 bits per heavy atom. The van der Waals surface area contributed by atoms with E-state index in [1.807, 2.05) is 6.07 Å². The zero-order chi connectivity index (χ0) is 44.3. The van der Waals surface area contributed by atoms with Gasteiger partial charge >= 0.3 is 11.9 Å². The Bertz CT molecular complexity index is 1630. The molecule has 350 valence electrons. The van der Waals surface area contributed by atoms with Crippen LogP contribution < -0.4 is 0 Å². The molecule has 3 N–H and O–H groups in total. The summed E-state index contributed by atoms with van der Waals surface area (Å²) in [6.45, 7) is 5.70. The fourth-order valence-electron chi connectivity index (χ4n) is 15.0. The van der Waals surface area contributed by atoms with E-state index in [9.17, 15) is 24.9 Å². The maximum Gasteiger partial charge on any atom is 0.338 e. The lowest BCUT2D eigenvalue weighted by molar-refractivity contribution is -0.323. The number of fused-ring (bicyclic) bond motifs is 2. The first-order chi connectivity index (χ1) is 30.0. The number of aliphatic hydroxyl groups is 3. The van der Waals surface area contributed by atoms with Crippen molar-refractivity contribution in [2.45, 2.75) is 183 Å². The zero-order valence-electron chi connectivity index (χ0n) is 38.6. The van der Waals surface area contributed by atoms with E-state index in [0.29, 0.717) is 31.5 Å². The van der Waals surface area contributed by atoms with Crippen molar-refractivity contribution in [1.82, 2.24) is 4.90 Å². The smallest absolute Gasteiger partial charge is 0.338 e. The van der Waals surface area contributed by atoms with Crippen molar-refractivity contribution in [3.8, 4) is 0 Å². The first kappa shape index (κ1) is 47.8. The molecule has 1 aliphatic heterocycles. The number of carbonyl (C=O) groups excluding carboxylic acids is 2. The van der Waals surface area contributed by atoms with E-state index in [-0.39, 0.29) is 31.4 Å². The Hall–Kier alpha value is -2.16. The van der Waals surface area contributed by atoms with Crippen LogP contribution in [-0.2, 0) is 33.2 Å². The van der Waals surface area contributed by atoms with E-state index in [2.05, 4.69) is 18.7 Å². The second-order valence-electron chi connectivity index (χ2n) is 20.0. The summed E-state index contributed by atoms with van der Waals surface area (Å²) in [5.74, 6) is -3.47. The SMILES string of the molecule is CCCCCCCCCCCCCCCCCC(=O)OC12C(O)C(OC)C3(O)CC(C1C3OC(=O)c1ccccc1)C13C(OC)CC(O)C4(COC)CN(CC)C1C2C(OC)C43. The molecule has 1 spiro atoms. The highest BCUT2D eigenvalue weighted by Crippen LogP contribution is 2.80. The van der Waals surface area contributed by atoms with E-state index in [1.54, 1.807) is 45.6 Å². The van der Waals surface area contributed by atoms with Gasteiger partial charge in [0, 0.05) is 82.5 Å². The number of piperidine rings is 1. The molecule has 6 fully saturated rings. The molecule has 15 atom stereocenters. The summed E-state index contributed by atoms with van der Waals surface area (Å²) >= 11 is 0. The number of unbranched alkanes of at least 4 members (excludes halogenated alkanes) is 14. The van der Waals surface area contributed by atoms with Crippen LogP contribution in [0.1, 0.15) is 140 Å². The van der Waals surface area contributed by atoms with Gasteiger partial charge in [0.25, 0.3) is 0 Å². The summed E-state index contributed by atoms with van der Waals surface area (Å²) in [6.07, 6.45) is 12.8. The van der Waals surface area contributed by atoms with Crippen LogP contribution in [-0.4, -0.2) is 134 Å². The number of rotatable bonds is 25. The molecule has 12 heteroatoms.